The Morgan fingerprint density at radius 1 is 1.47 bits per heavy atom. The van der Waals surface area contributed by atoms with E-state index in [4.69, 9.17) is 5.73 Å². The molecule has 0 spiro atoms. The summed E-state index contributed by atoms with van der Waals surface area (Å²) in [5, 5.41) is 4.49. The molecule has 0 saturated carbocycles. The number of hydrogen-bond acceptors (Lipinski definition) is 3. The topological polar surface area (TPSA) is 61.1 Å². The van der Waals surface area contributed by atoms with Crippen molar-refractivity contribution < 1.29 is 0 Å². The van der Waals surface area contributed by atoms with Crippen molar-refractivity contribution in [3.63, 3.8) is 0 Å². The van der Waals surface area contributed by atoms with E-state index in [9.17, 15) is 0 Å². The van der Waals surface area contributed by atoms with E-state index in [0.29, 0.717) is 12.5 Å². The minimum absolute atomic E-state index is 0.380. The molecule has 0 aliphatic heterocycles. The van der Waals surface area contributed by atoms with Crippen molar-refractivity contribution >= 4 is 21.7 Å². The van der Waals surface area contributed by atoms with Crippen LogP contribution in [0, 0.1) is 0 Å². The van der Waals surface area contributed by atoms with Crippen molar-refractivity contribution in [1.82, 2.24) is 19.2 Å². The zero-order valence-corrected chi connectivity index (χ0v) is 10.6. The molecular formula is C9H14BrN5. The molecule has 0 aliphatic rings. The van der Waals surface area contributed by atoms with Gasteiger partial charge in [0.2, 0.25) is 5.78 Å². The molecule has 0 aromatic carbocycles. The molecule has 2 aromatic rings. The van der Waals surface area contributed by atoms with Crippen molar-refractivity contribution in [2.45, 2.75) is 26.3 Å². The van der Waals surface area contributed by atoms with Gasteiger partial charge < -0.3 is 5.73 Å². The summed E-state index contributed by atoms with van der Waals surface area (Å²) >= 11 is 3.45. The van der Waals surface area contributed by atoms with E-state index < -0.39 is 0 Å². The Morgan fingerprint density at radius 2 is 2.13 bits per heavy atom. The Bertz CT molecular complexity index is 496. The summed E-state index contributed by atoms with van der Waals surface area (Å²) < 4.78 is 4.63. The summed E-state index contributed by atoms with van der Waals surface area (Å²) in [7, 11) is 1.97. The number of fused-ring (bicyclic) bond motifs is 1. The number of rotatable bonds is 2. The lowest BCUT2D eigenvalue weighted by molar-refractivity contribution is 0.704. The van der Waals surface area contributed by atoms with Gasteiger partial charge in [0.05, 0.1) is 5.69 Å². The summed E-state index contributed by atoms with van der Waals surface area (Å²) in [6, 6.07) is 0. The van der Waals surface area contributed by atoms with E-state index in [1.807, 2.05) is 11.6 Å². The number of aromatic nitrogens is 4. The van der Waals surface area contributed by atoms with Gasteiger partial charge in [-0.05, 0) is 15.9 Å². The highest BCUT2D eigenvalue weighted by Crippen LogP contribution is 2.21. The Hall–Kier alpha value is -0.880. The van der Waals surface area contributed by atoms with E-state index in [1.165, 1.54) is 0 Å². The summed E-state index contributed by atoms with van der Waals surface area (Å²) in [5.41, 5.74) is 6.42. The standard InChI is InChI=1S/C9H14BrN5/c1-5(2)8-13-15-7(10)6(4-11)12-9(15)14(8)3/h5H,4,11H2,1-3H3. The minimum atomic E-state index is 0.380. The summed E-state index contributed by atoms with van der Waals surface area (Å²) in [5.74, 6) is 2.22. The first kappa shape index (κ1) is 10.6. The lowest BCUT2D eigenvalue weighted by atomic mass is 10.2. The van der Waals surface area contributed by atoms with E-state index in [2.05, 4.69) is 39.9 Å². The summed E-state index contributed by atoms with van der Waals surface area (Å²) in [4.78, 5) is 4.42. The highest BCUT2D eigenvalue weighted by atomic mass is 79.9. The molecule has 5 nitrogen and oxygen atoms in total. The Balaban J connectivity index is 2.70. The van der Waals surface area contributed by atoms with Crippen molar-refractivity contribution in [2.24, 2.45) is 12.8 Å². The molecule has 2 aromatic heterocycles. The molecule has 2 rings (SSSR count). The third kappa shape index (κ3) is 1.48. The highest BCUT2D eigenvalue weighted by molar-refractivity contribution is 9.10. The van der Waals surface area contributed by atoms with E-state index >= 15 is 0 Å². The van der Waals surface area contributed by atoms with Crippen LogP contribution in [0.4, 0.5) is 0 Å². The van der Waals surface area contributed by atoms with Gasteiger partial charge in [0, 0.05) is 19.5 Å². The maximum atomic E-state index is 5.58. The molecule has 0 fully saturated rings. The van der Waals surface area contributed by atoms with Crippen LogP contribution in [0.25, 0.3) is 5.78 Å². The molecule has 0 saturated heterocycles. The zero-order valence-electron chi connectivity index (χ0n) is 9.03. The molecule has 0 amide bonds. The van der Waals surface area contributed by atoms with E-state index in [1.54, 1.807) is 4.52 Å². The summed E-state index contributed by atoms with van der Waals surface area (Å²) in [6.45, 7) is 4.64. The van der Waals surface area contributed by atoms with Gasteiger partial charge in [0.25, 0.3) is 0 Å². The second-order valence-corrected chi connectivity index (χ2v) is 4.59. The molecule has 0 bridgehead atoms. The van der Waals surface area contributed by atoms with Crippen LogP contribution < -0.4 is 5.73 Å². The molecule has 0 aliphatic carbocycles. The maximum Gasteiger partial charge on any atom is 0.233 e. The number of aryl methyl sites for hydroxylation is 1. The van der Waals surface area contributed by atoms with Crippen LogP contribution in [0.3, 0.4) is 0 Å². The average molecular weight is 272 g/mol. The van der Waals surface area contributed by atoms with Gasteiger partial charge in [-0.2, -0.15) is 9.61 Å². The third-order valence-corrected chi connectivity index (χ3v) is 3.20. The average Bonchev–Trinajstić information content (AvgIpc) is 2.66. The van der Waals surface area contributed by atoms with Crippen LogP contribution in [-0.4, -0.2) is 19.2 Å². The van der Waals surface area contributed by atoms with Gasteiger partial charge in [-0.25, -0.2) is 4.98 Å². The normalized spacial score (nSPS) is 11.9. The van der Waals surface area contributed by atoms with Crippen molar-refractivity contribution in [3.8, 4) is 0 Å². The van der Waals surface area contributed by atoms with E-state index in [-0.39, 0.29) is 0 Å². The molecule has 6 heteroatoms. The van der Waals surface area contributed by atoms with Gasteiger partial charge in [-0.3, -0.25) is 4.57 Å². The molecule has 2 N–H and O–H groups in total. The molecule has 0 unspecified atom stereocenters. The Kier molecular flexibility index (Phi) is 2.56. The zero-order chi connectivity index (χ0) is 11.2. The second kappa shape index (κ2) is 3.61. The smallest absolute Gasteiger partial charge is 0.233 e. The van der Waals surface area contributed by atoms with Crippen LogP contribution in [-0.2, 0) is 13.6 Å². The van der Waals surface area contributed by atoms with E-state index in [0.717, 1.165) is 21.9 Å². The molecule has 0 atom stereocenters. The molecular weight excluding hydrogens is 258 g/mol. The largest absolute Gasteiger partial charge is 0.325 e. The van der Waals surface area contributed by atoms with Crippen LogP contribution >= 0.6 is 15.9 Å². The Morgan fingerprint density at radius 3 is 2.60 bits per heavy atom. The van der Waals surface area contributed by atoms with Crippen LogP contribution in [0.1, 0.15) is 31.3 Å². The Labute approximate surface area is 96.4 Å². The maximum absolute atomic E-state index is 5.58. The monoisotopic (exact) mass is 271 g/mol. The quantitative estimate of drug-likeness (QED) is 0.899. The van der Waals surface area contributed by atoms with Gasteiger partial charge in [0.1, 0.15) is 10.4 Å². The molecule has 82 valence electrons. The fraction of sp³-hybridized carbons (Fsp3) is 0.556. The highest BCUT2D eigenvalue weighted by Gasteiger charge is 2.17. The van der Waals surface area contributed by atoms with Gasteiger partial charge in [-0.1, -0.05) is 13.8 Å². The fourth-order valence-electron chi connectivity index (χ4n) is 1.63. The van der Waals surface area contributed by atoms with Crippen LogP contribution in [0.5, 0.6) is 0 Å². The number of nitrogens with two attached hydrogens (primary N) is 1. The van der Waals surface area contributed by atoms with Gasteiger partial charge in [0.15, 0.2) is 0 Å². The van der Waals surface area contributed by atoms with Crippen molar-refractivity contribution in [1.29, 1.82) is 0 Å². The van der Waals surface area contributed by atoms with Gasteiger partial charge in [-0.15, -0.1) is 0 Å². The lowest BCUT2D eigenvalue weighted by Gasteiger charge is -2.02. The number of hydrogen-bond donors (Lipinski definition) is 1. The molecule has 2 heterocycles. The lowest BCUT2D eigenvalue weighted by Crippen LogP contribution is -2.02. The second-order valence-electron chi connectivity index (χ2n) is 3.84. The first-order chi connectivity index (χ1) is 7.06. The SMILES string of the molecule is CC(C)c1nn2c(Br)c(CN)nc2n1C. The minimum Gasteiger partial charge on any atom is -0.325 e. The van der Waals surface area contributed by atoms with Crippen LogP contribution in [0.15, 0.2) is 4.60 Å². The number of imidazole rings is 1. The molecule has 0 radical (unpaired) electrons. The fourth-order valence-corrected chi connectivity index (χ4v) is 2.12. The number of nitrogens with zero attached hydrogens (tertiary/aromatic N) is 4. The summed E-state index contributed by atoms with van der Waals surface area (Å²) in [6.07, 6.45) is 0. The first-order valence-corrected chi connectivity index (χ1v) is 5.65. The molecule has 15 heavy (non-hydrogen) atoms. The van der Waals surface area contributed by atoms with Crippen LogP contribution in [0.2, 0.25) is 0 Å². The predicted molar refractivity (Wildman–Crippen MR) is 61.6 cm³/mol. The first-order valence-electron chi connectivity index (χ1n) is 4.86. The third-order valence-electron chi connectivity index (χ3n) is 2.40. The number of halogens is 1. The van der Waals surface area contributed by atoms with Gasteiger partial charge >= 0.3 is 0 Å². The van der Waals surface area contributed by atoms with Crippen molar-refractivity contribution in [3.05, 3.63) is 16.1 Å². The predicted octanol–water partition coefficient (Wildman–Crippen LogP) is 1.41. The van der Waals surface area contributed by atoms with Crippen molar-refractivity contribution in [2.75, 3.05) is 0 Å².